The molecular formula is C13H17NO2. The lowest BCUT2D eigenvalue weighted by Gasteiger charge is -2.03. The molecule has 0 aliphatic heterocycles. The zero-order chi connectivity index (χ0) is 11.6. The van der Waals surface area contributed by atoms with Gasteiger partial charge in [0.15, 0.2) is 0 Å². The van der Waals surface area contributed by atoms with Gasteiger partial charge in [0.25, 0.3) is 0 Å². The van der Waals surface area contributed by atoms with Gasteiger partial charge >= 0.3 is 0 Å². The largest absolute Gasteiger partial charge is 0.493 e. The van der Waals surface area contributed by atoms with Crippen LogP contribution in [0.2, 0.25) is 0 Å². The van der Waals surface area contributed by atoms with E-state index < -0.39 is 0 Å². The third-order valence-corrected chi connectivity index (χ3v) is 1.86. The van der Waals surface area contributed by atoms with E-state index in [2.05, 4.69) is 5.16 Å². The lowest BCUT2D eigenvalue weighted by Crippen LogP contribution is -2.01. The maximum Gasteiger partial charge on any atom is 0.124 e. The molecule has 1 heterocycles. The minimum Gasteiger partial charge on any atom is -0.493 e. The summed E-state index contributed by atoms with van der Waals surface area (Å²) in [5, 5.41) is 3.79. The molecule has 0 N–H and O–H groups in total. The minimum absolute atomic E-state index is 0.622. The van der Waals surface area contributed by atoms with Crippen LogP contribution in [0.1, 0.15) is 19.5 Å². The van der Waals surface area contributed by atoms with Crippen LogP contribution in [0.3, 0.4) is 0 Å². The van der Waals surface area contributed by atoms with Crippen molar-refractivity contribution < 1.29 is 9.26 Å². The molecular weight excluding hydrogens is 202 g/mol. The van der Waals surface area contributed by atoms with E-state index in [9.17, 15) is 0 Å². The summed E-state index contributed by atoms with van der Waals surface area (Å²) in [7, 11) is 0. The smallest absolute Gasteiger partial charge is 0.124 e. The molecule has 0 aliphatic rings. The van der Waals surface area contributed by atoms with Gasteiger partial charge in [0, 0.05) is 12.5 Å². The fourth-order valence-electron chi connectivity index (χ4n) is 1.16. The Kier molecular flexibility index (Phi) is 5.78. The number of ether oxygens (including phenoxy) is 1. The second kappa shape index (κ2) is 7.51. The Morgan fingerprint density at radius 3 is 2.50 bits per heavy atom. The first-order chi connectivity index (χ1) is 7.95. The van der Waals surface area contributed by atoms with Crippen LogP contribution in [0.25, 0.3) is 0 Å². The summed E-state index contributed by atoms with van der Waals surface area (Å²) >= 11 is 0. The van der Waals surface area contributed by atoms with Gasteiger partial charge in [0.2, 0.25) is 0 Å². The van der Waals surface area contributed by atoms with E-state index in [1.165, 1.54) is 0 Å². The zero-order valence-corrected chi connectivity index (χ0v) is 9.72. The van der Waals surface area contributed by atoms with Crippen LogP contribution in [-0.4, -0.2) is 11.8 Å². The zero-order valence-electron chi connectivity index (χ0n) is 9.72. The lowest BCUT2D eigenvalue weighted by molar-refractivity contribution is 0.315. The van der Waals surface area contributed by atoms with E-state index in [0.717, 1.165) is 17.9 Å². The molecule has 2 rings (SSSR count). The Morgan fingerprint density at radius 2 is 1.88 bits per heavy atom. The third-order valence-electron chi connectivity index (χ3n) is 1.86. The molecule has 1 aromatic heterocycles. The standard InChI is InChI=1S/C11H11NO2.C2H6/c1-2-4-11(5-3-1)13-8-6-10-7-9-14-12-10;1-2/h1-5,7,9H,6,8H2;1-2H3. The predicted molar refractivity (Wildman–Crippen MR) is 63.5 cm³/mol. The molecule has 86 valence electrons. The highest BCUT2D eigenvalue weighted by Crippen LogP contribution is 2.08. The monoisotopic (exact) mass is 219 g/mol. The maximum atomic E-state index is 5.50. The first-order valence-corrected chi connectivity index (χ1v) is 5.52. The topological polar surface area (TPSA) is 35.3 Å². The Hall–Kier alpha value is -1.77. The number of rotatable bonds is 4. The Labute approximate surface area is 96.0 Å². The van der Waals surface area contributed by atoms with Crippen LogP contribution >= 0.6 is 0 Å². The van der Waals surface area contributed by atoms with Gasteiger partial charge < -0.3 is 9.26 Å². The van der Waals surface area contributed by atoms with Crippen LogP contribution < -0.4 is 4.74 Å². The second-order valence-corrected chi connectivity index (χ2v) is 2.90. The van der Waals surface area contributed by atoms with E-state index in [0.29, 0.717) is 6.61 Å². The van der Waals surface area contributed by atoms with Crippen molar-refractivity contribution in [3.05, 3.63) is 48.4 Å². The van der Waals surface area contributed by atoms with Gasteiger partial charge in [-0.05, 0) is 12.1 Å². The summed E-state index contributed by atoms with van der Waals surface area (Å²) in [6.07, 6.45) is 2.34. The first kappa shape index (κ1) is 12.3. The quantitative estimate of drug-likeness (QED) is 0.791. The number of hydrogen-bond donors (Lipinski definition) is 0. The van der Waals surface area contributed by atoms with E-state index in [-0.39, 0.29) is 0 Å². The fourth-order valence-corrected chi connectivity index (χ4v) is 1.16. The average molecular weight is 219 g/mol. The van der Waals surface area contributed by atoms with Gasteiger partial charge in [0.1, 0.15) is 12.0 Å². The number of para-hydroxylation sites is 1. The molecule has 3 heteroatoms. The van der Waals surface area contributed by atoms with Crippen LogP contribution in [0.5, 0.6) is 5.75 Å². The van der Waals surface area contributed by atoms with Gasteiger partial charge in [-0.3, -0.25) is 0 Å². The Morgan fingerprint density at radius 1 is 1.12 bits per heavy atom. The van der Waals surface area contributed by atoms with Gasteiger partial charge in [-0.1, -0.05) is 37.2 Å². The van der Waals surface area contributed by atoms with Crippen molar-refractivity contribution in [2.24, 2.45) is 0 Å². The lowest BCUT2D eigenvalue weighted by atomic mass is 10.3. The molecule has 0 amide bonds. The molecule has 2 aromatic rings. The summed E-state index contributed by atoms with van der Waals surface area (Å²) in [6.45, 7) is 4.62. The van der Waals surface area contributed by atoms with Crippen molar-refractivity contribution in [3.63, 3.8) is 0 Å². The maximum absolute atomic E-state index is 5.50. The minimum atomic E-state index is 0.622. The molecule has 0 saturated carbocycles. The molecule has 1 aromatic carbocycles. The summed E-state index contributed by atoms with van der Waals surface area (Å²) in [5.74, 6) is 0.885. The van der Waals surface area contributed by atoms with Gasteiger partial charge in [-0.2, -0.15) is 0 Å². The number of nitrogens with zero attached hydrogens (tertiary/aromatic N) is 1. The average Bonchev–Trinajstić information content (AvgIpc) is 2.86. The van der Waals surface area contributed by atoms with Crippen LogP contribution in [0.15, 0.2) is 47.2 Å². The van der Waals surface area contributed by atoms with E-state index >= 15 is 0 Å². The molecule has 0 aliphatic carbocycles. The van der Waals surface area contributed by atoms with Crippen LogP contribution in [0, 0.1) is 0 Å². The van der Waals surface area contributed by atoms with Crippen molar-refractivity contribution in [1.29, 1.82) is 0 Å². The summed E-state index contributed by atoms with van der Waals surface area (Å²) < 4.78 is 10.2. The van der Waals surface area contributed by atoms with Gasteiger partial charge in [0.05, 0.1) is 12.3 Å². The second-order valence-electron chi connectivity index (χ2n) is 2.90. The van der Waals surface area contributed by atoms with Gasteiger partial charge in [-0.15, -0.1) is 0 Å². The summed E-state index contributed by atoms with van der Waals surface area (Å²) in [4.78, 5) is 0. The molecule has 0 unspecified atom stereocenters. The van der Waals surface area contributed by atoms with E-state index in [1.807, 2.05) is 50.2 Å². The van der Waals surface area contributed by atoms with Crippen LogP contribution in [-0.2, 0) is 6.42 Å². The molecule has 0 saturated heterocycles. The Balaban J connectivity index is 0.000000606. The van der Waals surface area contributed by atoms with E-state index in [4.69, 9.17) is 9.26 Å². The highest BCUT2D eigenvalue weighted by Gasteiger charge is 1.96. The number of aromatic nitrogens is 1. The van der Waals surface area contributed by atoms with Gasteiger partial charge in [-0.25, -0.2) is 0 Å². The number of benzene rings is 1. The van der Waals surface area contributed by atoms with Crippen LogP contribution in [0.4, 0.5) is 0 Å². The van der Waals surface area contributed by atoms with Crippen molar-refractivity contribution in [2.45, 2.75) is 20.3 Å². The summed E-state index contributed by atoms with van der Waals surface area (Å²) in [5.41, 5.74) is 0.918. The number of hydrogen-bond acceptors (Lipinski definition) is 3. The third kappa shape index (κ3) is 4.17. The highest BCUT2D eigenvalue weighted by molar-refractivity contribution is 5.20. The normalized spacial score (nSPS) is 9.12. The highest BCUT2D eigenvalue weighted by atomic mass is 16.5. The molecule has 0 radical (unpaired) electrons. The molecule has 0 spiro atoms. The molecule has 3 nitrogen and oxygen atoms in total. The summed E-state index contributed by atoms with van der Waals surface area (Å²) in [6, 6.07) is 11.6. The van der Waals surface area contributed by atoms with Crippen molar-refractivity contribution in [1.82, 2.24) is 5.16 Å². The van der Waals surface area contributed by atoms with Crippen molar-refractivity contribution >= 4 is 0 Å². The first-order valence-electron chi connectivity index (χ1n) is 5.52. The molecule has 0 atom stereocenters. The molecule has 0 fully saturated rings. The Bertz CT molecular complexity index is 357. The predicted octanol–water partition coefficient (Wildman–Crippen LogP) is 3.32. The molecule has 16 heavy (non-hydrogen) atoms. The van der Waals surface area contributed by atoms with E-state index in [1.54, 1.807) is 6.26 Å². The van der Waals surface area contributed by atoms with Crippen molar-refractivity contribution in [2.75, 3.05) is 6.61 Å². The van der Waals surface area contributed by atoms with Crippen molar-refractivity contribution in [3.8, 4) is 5.75 Å². The fraction of sp³-hybridized carbons (Fsp3) is 0.308. The SMILES string of the molecule is CC.c1ccc(OCCc2ccon2)cc1. The molecule has 0 bridgehead atoms.